The van der Waals surface area contributed by atoms with Crippen LogP contribution in [-0.2, 0) is 0 Å². The molecule has 11 heavy (non-hydrogen) atoms. The van der Waals surface area contributed by atoms with Gasteiger partial charge in [0.1, 0.15) is 0 Å². The van der Waals surface area contributed by atoms with E-state index in [1.165, 1.54) is 22.8 Å². The quantitative estimate of drug-likeness (QED) is 0.433. The van der Waals surface area contributed by atoms with Crippen LogP contribution in [0.5, 0.6) is 0 Å². The maximum absolute atomic E-state index is 3.42. The highest BCUT2D eigenvalue weighted by molar-refractivity contribution is 9.09. The van der Waals surface area contributed by atoms with Gasteiger partial charge in [-0.05, 0) is 30.0 Å². The molecule has 3 heteroatoms. The van der Waals surface area contributed by atoms with Gasteiger partial charge in [0.05, 0.1) is 4.21 Å². The second-order valence-electron chi connectivity index (χ2n) is 2.18. The molecule has 0 nitrogen and oxygen atoms in total. The molecule has 0 saturated heterocycles. The molecule has 0 aromatic carbocycles. The predicted octanol–water partition coefficient (Wildman–Crippen LogP) is 4.02. The van der Waals surface area contributed by atoms with Crippen molar-refractivity contribution >= 4 is 39.0 Å². The van der Waals surface area contributed by atoms with E-state index in [4.69, 9.17) is 0 Å². The molecule has 1 aromatic heterocycles. The van der Waals surface area contributed by atoms with Crippen LogP contribution in [0.4, 0.5) is 0 Å². The van der Waals surface area contributed by atoms with E-state index < -0.39 is 0 Å². The molecule has 0 radical (unpaired) electrons. The molecule has 0 amide bonds. The Balaban J connectivity index is 2.04. The number of thiophene rings is 1. The number of hydrogen-bond donors (Lipinski definition) is 0. The molecule has 0 N–H and O–H groups in total. The summed E-state index contributed by atoms with van der Waals surface area (Å²) in [5, 5.41) is 3.27. The van der Waals surface area contributed by atoms with Crippen molar-refractivity contribution in [3.05, 3.63) is 17.5 Å². The van der Waals surface area contributed by atoms with Crippen molar-refractivity contribution in [2.45, 2.75) is 17.1 Å². The Bertz CT molecular complexity index is 172. The van der Waals surface area contributed by atoms with Gasteiger partial charge in [0, 0.05) is 5.33 Å². The highest BCUT2D eigenvalue weighted by Crippen LogP contribution is 2.24. The van der Waals surface area contributed by atoms with Gasteiger partial charge < -0.3 is 0 Å². The van der Waals surface area contributed by atoms with Crippen LogP contribution in [0.25, 0.3) is 0 Å². The first kappa shape index (κ1) is 9.62. The lowest BCUT2D eigenvalue weighted by Crippen LogP contribution is -1.79. The van der Waals surface area contributed by atoms with Crippen molar-refractivity contribution in [2.75, 3.05) is 11.1 Å². The standard InChI is InChI=1S/C8H11BrS2/c9-5-1-2-6-10-8-4-3-7-11-8/h3-4,7H,1-2,5-6H2. The smallest absolute Gasteiger partial charge is 0.0598 e. The molecule has 0 aliphatic carbocycles. The molecule has 0 bridgehead atoms. The topological polar surface area (TPSA) is 0 Å². The molecule has 1 rings (SSSR count). The van der Waals surface area contributed by atoms with Gasteiger partial charge in [-0.15, -0.1) is 23.1 Å². The van der Waals surface area contributed by atoms with Gasteiger partial charge in [-0.1, -0.05) is 22.0 Å². The lowest BCUT2D eigenvalue weighted by Gasteiger charge is -1.95. The van der Waals surface area contributed by atoms with Crippen molar-refractivity contribution in [3.8, 4) is 0 Å². The number of rotatable bonds is 5. The summed E-state index contributed by atoms with van der Waals surface area (Å²) in [5.41, 5.74) is 0. The van der Waals surface area contributed by atoms with Crippen molar-refractivity contribution in [3.63, 3.8) is 0 Å². The average Bonchev–Trinajstić information content (AvgIpc) is 2.50. The van der Waals surface area contributed by atoms with Gasteiger partial charge in [-0.3, -0.25) is 0 Å². The summed E-state index contributed by atoms with van der Waals surface area (Å²) in [6.45, 7) is 0. The minimum atomic E-state index is 1.14. The Morgan fingerprint density at radius 2 is 2.36 bits per heavy atom. The largest absolute Gasteiger partial charge is 0.137 e. The molecule has 0 unspecified atom stereocenters. The van der Waals surface area contributed by atoms with Crippen LogP contribution in [0.2, 0.25) is 0 Å². The summed E-state index contributed by atoms with van der Waals surface area (Å²) in [7, 11) is 0. The molecule has 0 fully saturated rings. The molecule has 0 spiro atoms. The fraction of sp³-hybridized carbons (Fsp3) is 0.500. The highest BCUT2D eigenvalue weighted by atomic mass is 79.9. The second kappa shape index (κ2) is 6.09. The van der Waals surface area contributed by atoms with Crippen LogP contribution in [0.1, 0.15) is 12.8 Å². The first-order valence-corrected chi connectivity index (χ1v) is 6.64. The number of alkyl halides is 1. The normalized spacial score (nSPS) is 10.3. The first-order chi connectivity index (χ1) is 5.43. The predicted molar refractivity (Wildman–Crippen MR) is 58.1 cm³/mol. The third-order valence-electron chi connectivity index (χ3n) is 1.27. The molecule has 0 aliphatic rings. The summed E-state index contributed by atoms with van der Waals surface area (Å²) in [6, 6.07) is 4.29. The summed E-state index contributed by atoms with van der Waals surface area (Å²) in [5.74, 6) is 1.26. The molecule has 62 valence electrons. The second-order valence-corrected chi connectivity index (χ2v) is 5.31. The van der Waals surface area contributed by atoms with Crippen molar-refractivity contribution in [1.82, 2.24) is 0 Å². The van der Waals surface area contributed by atoms with Crippen molar-refractivity contribution < 1.29 is 0 Å². The Morgan fingerprint density at radius 3 is 3.00 bits per heavy atom. The molecule has 0 atom stereocenters. The zero-order chi connectivity index (χ0) is 7.94. The van der Waals surface area contributed by atoms with Gasteiger partial charge >= 0.3 is 0 Å². The van der Waals surface area contributed by atoms with Crippen LogP contribution < -0.4 is 0 Å². The highest BCUT2D eigenvalue weighted by Gasteiger charge is 1.92. The Morgan fingerprint density at radius 1 is 1.45 bits per heavy atom. The molecule has 1 aromatic rings. The van der Waals surface area contributed by atoms with E-state index in [9.17, 15) is 0 Å². The summed E-state index contributed by atoms with van der Waals surface area (Å²) >= 11 is 7.22. The minimum absolute atomic E-state index is 1.14. The lowest BCUT2D eigenvalue weighted by atomic mass is 10.4. The Kier molecular flexibility index (Phi) is 5.33. The van der Waals surface area contributed by atoms with Crippen LogP contribution in [0.15, 0.2) is 21.7 Å². The van der Waals surface area contributed by atoms with Gasteiger partial charge in [0.2, 0.25) is 0 Å². The van der Waals surface area contributed by atoms with E-state index >= 15 is 0 Å². The Labute approximate surface area is 84.5 Å². The third-order valence-corrected chi connectivity index (χ3v) is 4.05. The zero-order valence-corrected chi connectivity index (χ0v) is 9.47. The fourth-order valence-electron chi connectivity index (χ4n) is 0.715. The lowest BCUT2D eigenvalue weighted by molar-refractivity contribution is 0.913. The van der Waals surface area contributed by atoms with E-state index in [2.05, 4.69) is 33.4 Å². The summed E-state index contributed by atoms with van der Waals surface area (Å²) in [4.78, 5) is 0. The van der Waals surface area contributed by atoms with E-state index in [1.807, 2.05) is 23.1 Å². The van der Waals surface area contributed by atoms with E-state index in [0.717, 1.165) is 5.33 Å². The SMILES string of the molecule is BrCCCCSc1cccs1. The third kappa shape index (κ3) is 4.19. The first-order valence-electron chi connectivity index (χ1n) is 3.66. The number of hydrogen-bond acceptors (Lipinski definition) is 2. The average molecular weight is 251 g/mol. The molecule has 0 saturated carbocycles. The van der Waals surface area contributed by atoms with Gasteiger partial charge in [-0.2, -0.15) is 0 Å². The molecule has 1 heterocycles. The van der Waals surface area contributed by atoms with Gasteiger partial charge in [0.25, 0.3) is 0 Å². The van der Waals surface area contributed by atoms with Crippen molar-refractivity contribution in [2.24, 2.45) is 0 Å². The fourth-order valence-corrected chi connectivity index (χ4v) is 2.97. The van der Waals surface area contributed by atoms with Crippen molar-refractivity contribution in [1.29, 1.82) is 0 Å². The molecular formula is C8H11BrS2. The molecular weight excluding hydrogens is 240 g/mol. The summed E-state index contributed by atoms with van der Waals surface area (Å²) < 4.78 is 1.44. The molecule has 0 aliphatic heterocycles. The number of halogens is 1. The van der Waals surface area contributed by atoms with Crippen LogP contribution in [-0.4, -0.2) is 11.1 Å². The maximum Gasteiger partial charge on any atom is 0.0598 e. The summed E-state index contributed by atoms with van der Waals surface area (Å²) in [6.07, 6.45) is 2.60. The van der Waals surface area contributed by atoms with Crippen LogP contribution in [0, 0.1) is 0 Å². The monoisotopic (exact) mass is 250 g/mol. The van der Waals surface area contributed by atoms with Crippen LogP contribution in [0.3, 0.4) is 0 Å². The van der Waals surface area contributed by atoms with Gasteiger partial charge in [0.15, 0.2) is 0 Å². The Hall–Kier alpha value is 0.530. The maximum atomic E-state index is 3.42. The minimum Gasteiger partial charge on any atom is -0.137 e. The zero-order valence-electron chi connectivity index (χ0n) is 6.25. The van der Waals surface area contributed by atoms with Gasteiger partial charge in [-0.25, -0.2) is 0 Å². The van der Waals surface area contributed by atoms with E-state index in [0.29, 0.717) is 0 Å². The number of thioether (sulfide) groups is 1. The van der Waals surface area contributed by atoms with Crippen LogP contribution >= 0.6 is 39.0 Å². The van der Waals surface area contributed by atoms with E-state index in [1.54, 1.807) is 0 Å². The number of unbranched alkanes of at least 4 members (excludes halogenated alkanes) is 1. The van der Waals surface area contributed by atoms with E-state index in [-0.39, 0.29) is 0 Å².